The summed E-state index contributed by atoms with van der Waals surface area (Å²) >= 11 is 0. The highest BCUT2D eigenvalue weighted by Gasteiger charge is 2.50. The lowest BCUT2D eigenvalue weighted by atomic mass is 9.87. The second kappa shape index (κ2) is 6.85. The Kier molecular flexibility index (Phi) is 4.55. The highest BCUT2D eigenvalue weighted by Crippen LogP contribution is 2.45. The summed E-state index contributed by atoms with van der Waals surface area (Å²) in [7, 11) is 0. The smallest absolute Gasteiger partial charge is 0.329 e. The van der Waals surface area contributed by atoms with Gasteiger partial charge in [-0.25, -0.2) is 18.0 Å². The number of nitrogens with two attached hydrogens (primary N) is 1. The molecule has 3 fully saturated rings. The van der Waals surface area contributed by atoms with Crippen molar-refractivity contribution in [1.29, 1.82) is 0 Å². The van der Waals surface area contributed by atoms with Gasteiger partial charge in [0.05, 0.1) is 22.6 Å². The largest absolute Gasteiger partial charge is 0.368 e. The van der Waals surface area contributed by atoms with Crippen LogP contribution in [-0.4, -0.2) is 34.6 Å². The molecule has 0 bridgehead atoms. The van der Waals surface area contributed by atoms with Crippen LogP contribution in [0.3, 0.4) is 0 Å². The Morgan fingerprint density at radius 1 is 1.10 bits per heavy atom. The number of hydrogen-bond donors (Lipinski definition) is 2. The van der Waals surface area contributed by atoms with Crippen LogP contribution in [-0.2, 0) is 0 Å². The summed E-state index contributed by atoms with van der Waals surface area (Å²) in [4.78, 5) is 29.3. The molecule has 1 aliphatic heterocycles. The first-order valence-electron chi connectivity index (χ1n) is 11.0. The van der Waals surface area contributed by atoms with Crippen LogP contribution in [0.5, 0.6) is 0 Å². The van der Waals surface area contributed by atoms with Gasteiger partial charge in [-0.15, -0.1) is 0 Å². The van der Waals surface area contributed by atoms with Crippen LogP contribution in [0, 0.1) is 31.5 Å². The van der Waals surface area contributed by atoms with E-state index in [2.05, 4.69) is 4.98 Å². The zero-order valence-electron chi connectivity index (χ0n) is 17.7. The number of aryl methyl sites for hydroxylation is 2. The van der Waals surface area contributed by atoms with Crippen molar-refractivity contribution in [2.75, 3.05) is 18.0 Å². The maximum Gasteiger partial charge on any atom is 0.329 e. The first-order chi connectivity index (χ1) is 14.6. The molecule has 31 heavy (non-hydrogen) atoms. The fraction of sp³-hybridized carbons (Fsp3) is 0.636. The highest BCUT2D eigenvalue weighted by molar-refractivity contribution is 5.90. The third-order valence-corrected chi connectivity index (χ3v) is 7.52. The Morgan fingerprint density at radius 2 is 1.81 bits per heavy atom. The Balaban J connectivity index is 1.67. The minimum Gasteiger partial charge on any atom is -0.368 e. The van der Waals surface area contributed by atoms with Crippen LogP contribution in [0.1, 0.15) is 49.3 Å². The monoisotopic (exact) mass is 436 g/mol. The molecular formula is C22H27F3N4O2. The number of anilines is 1. The predicted molar refractivity (Wildman–Crippen MR) is 112 cm³/mol. The lowest BCUT2D eigenvalue weighted by Crippen LogP contribution is -2.47. The zero-order valence-corrected chi connectivity index (χ0v) is 17.7. The first kappa shape index (κ1) is 20.6. The predicted octanol–water partition coefficient (Wildman–Crippen LogP) is 2.98. The van der Waals surface area contributed by atoms with Crippen molar-refractivity contribution in [3.05, 3.63) is 37.8 Å². The molecule has 2 heterocycles. The molecule has 3 N–H and O–H groups in total. The van der Waals surface area contributed by atoms with Gasteiger partial charge in [-0.1, -0.05) is 0 Å². The highest BCUT2D eigenvalue weighted by atomic mass is 19.3. The molecular weight excluding hydrogens is 409 g/mol. The molecule has 3 unspecified atom stereocenters. The van der Waals surface area contributed by atoms with E-state index in [1.807, 2.05) is 0 Å². The molecule has 1 saturated heterocycles. The number of benzene rings is 1. The van der Waals surface area contributed by atoms with Crippen molar-refractivity contribution in [3.8, 4) is 0 Å². The zero-order chi connectivity index (χ0) is 22.2. The van der Waals surface area contributed by atoms with Crippen LogP contribution in [0.25, 0.3) is 10.9 Å². The summed E-state index contributed by atoms with van der Waals surface area (Å²) in [5.74, 6) is -3.93. The summed E-state index contributed by atoms with van der Waals surface area (Å²) in [6.45, 7) is 3.92. The van der Waals surface area contributed by atoms with E-state index in [0.717, 1.165) is 12.8 Å². The SMILES string of the molecule is Cc1c(F)c(N2CC3CCCC(F)(F)C(N)C3C2)c(C)c2c1c(=O)[nH]c(=O)n2C1CC1. The minimum absolute atomic E-state index is 0.0138. The second-order valence-electron chi connectivity index (χ2n) is 9.50. The maximum atomic E-state index is 15.6. The van der Waals surface area contributed by atoms with Crippen molar-refractivity contribution in [3.63, 3.8) is 0 Å². The molecule has 2 aromatic rings. The number of hydrogen-bond acceptors (Lipinski definition) is 4. The number of halogens is 3. The van der Waals surface area contributed by atoms with Gasteiger partial charge in [0.1, 0.15) is 0 Å². The van der Waals surface area contributed by atoms with Crippen LogP contribution < -0.4 is 21.9 Å². The van der Waals surface area contributed by atoms with Crippen LogP contribution >= 0.6 is 0 Å². The quantitative estimate of drug-likeness (QED) is 0.758. The Hall–Kier alpha value is -2.29. The molecule has 1 aromatic heterocycles. The molecule has 0 radical (unpaired) electrons. The summed E-state index contributed by atoms with van der Waals surface area (Å²) in [5.41, 5.74) is 6.32. The topological polar surface area (TPSA) is 84.1 Å². The van der Waals surface area contributed by atoms with Crippen molar-refractivity contribution < 1.29 is 13.2 Å². The van der Waals surface area contributed by atoms with Gasteiger partial charge in [-0.2, -0.15) is 0 Å². The number of nitrogens with zero attached hydrogens (tertiary/aromatic N) is 2. The van der Waals surface area contributed by atoms with Crippen LogP contribution in [0.15, 0.2) is 9.59 Å². The third kappa shape index (κ3) is 3.03. The molecule has 1 aromatic carbocycles. The Labute approximate surface area is 177 Å². The molecule has 3 aliphatic rings. The first-order valence-corrected chi connectivity index (χ1v) is 11.0. The van der Waals surface area contributed by atoms with E-state index in [0.29, 0.717) is 36.2 Å². The molecule has 3 atom stereocenters. The molecule has 0 amide bonds. The van der Waals surface area contributed by atoms with Gasteiger partial charge in [-0.05, 0) is 45.4 Å². The van der Waals surface area contributed by atoms with Crippen LogP contribution in [0.4, 0.5) is 18.9 Å². The number of aromatic nitrogens is 2. The van der Waals surface area contributed by atoms with Gasteiger partial charge in [0.15, 0.2) is 5.82 Å². The van der Waals surface area contributed by atoms with Gasteiger partial charge in [0.2, 0.25) is 0 Å². The van der Waals surface area contributed by atoms with Gasteiger partial charge in [-0.3, -0.25) is 14.3 Å². The fourth-order valence-corrected chi connectivity index (χ4v) is 5.76. The van der Waals surface area contributed by atoms with Gasteiger partial charge in [0, 0.05) is 42.6 Å². The van der Waals surface area contributed by atoms with Gasteiger partial charge < -0.3 is 10.6 Å². The fourth-order valence-electron chi connectivity index (χ4n) is 5.76. The standard InChI is InChI=1S/C22H27F3N4O2/c1-10-15-17(29(13-5-6-13)21(31)27-20(15)30)11(2)18(16(10)23)28-8-12-4-3-7-22(24,25)19(26)14(12)9-28/h12-14,19H,3-9,26H2,1-2H3,(H,27,30,31). The maximum absolute atomic E-state index is 15.6. The summed E-state index contributed by atoms with van der Waals surface area (Å²) in [6.07, 6.45) is 2.46. The van der Waals surface area contributed by atoms with Crippen LogP contribution in [0.2, 0.25) is 0 Å². The average molecular weight is 436 g/mol. The van der Waals surface area contributed by atoms with E-state index >= 15 is 4.39 Å². The minimum atomic E-state index is -2.93. The lowest BCUT2D eigenvalue weighted by molar-refractivity contribution is -0.0439. The molecule has 9 heteroatoms. The molecule has 168 valence electrons. The number of nitrogens with one attached hydrogen (secondary N) is 1. The van der Waals surface area contributed by atoms with Crippen molar-refractivity contribution in [1.82, 2.24) is 9.55 Å². The molecule has 2 saturated carbocycles. The van der Waals surface area contributed by atoms with E-state index in [-0.39, 0.29) is 35.9 Å². The van der Waals surface area contributed by atoms with Crippen molar-refractivity contribution >= 4 is 16.6 Å². The van der Waals surface area contributed by atoms with E-state index in [4.69, 9.17) is 5.73 Å². The number of fused-ring (bicyclic) bond motifs is 2. The number of aromatic amines is 1. The summed E-state index contributed by atoms with van der Waals surface area (Å²) in [5, 5.41) is 0.182. The van der Waals surface area contributed by atoms with E-state index in [9.17, 15) is 18.4 Å². The van der Waals surface area contributed by atoms with E-state index in [1.165, 1.54) is 6.92 Å². The Morgan fingerprint density at radius 3 is 2.48 bits per heavy atom. The lowest BCUT2D eigenvalue weighted by Gasteiger charge is -2.29. The summed E-state index contributed by atoms with van der Waals surface area (Å²) in [6, 6.07) is -1.28. The normalized spacial score (nSPS) is 28.1. The van der Waals surface area contributed by atoms with Crippen molar-refractivity contribution in [2.45, 2.75) is 64.0 Å². The Bertz CT molecular complexity index is 1180. The van der Waals surface area contributed by atoms with E-state index < -0.39 is 34.9 Å². The van der Waals surface area contributed by atoms with Crippen molar-refractivity contribution in [2.24, 2.45) is 17.6 Å². The average Bonchev–Trinajstić information content (AvgIpc) is 3.46. The molecule has 6 nitrogen and oxygen atoms in total. The molecule has 5 rings (SSSR count). The third-order valence-electron chi connectivity index (χ3n) is 7.52. The van der Waals surface area contributed by atoms with Gasteiger partial charge >= 0.3 is 5.69 Å². The number of alkyl halides is 2. The van der Waals surface area contributed by atoms with E-state index in [1.54, 1.807) is 16.4 Å². The molecule has 2 aliphatic carbocycles. The molecule has 0 spiro atoms. The van der Waals surface area contributed by atoms with Gasteiger partial charge in [0.25, 0.3) is 11.5 Å². The summed E-state index contributed by atoms with van der Waals surface area (Å²) < 4.78 is 46.0. The number of rotatable bonds is 2. The number of H-pyrrole nitrogens is 1. The second-order valence-corrected chi connectivity index (χ2v) is 9.50.